The number of nitrogens with one attached hydrogen (secondary N) is 2. The lowest BCUT2D eigenvalue weighted by Gasteiger charge is -2.23. The van der Waals surface area contributed by atoms with Crippen molar-refractivity contribution in [2.24, 2.45) is 0 Å². The predicted octanol–water partition coefficient (Wildman–Crippen LogP) is 4.91. The first-order chi connectivity index (χ1) is 17.9. The van der Waals surface area contributed by atoms with E-state index in [1.54, 1.807) is 44.4 Å². The number of halogens is 1. The van der Waals surface area contributed by atoms with Crippen LogP contribution >= 0.6 is 0 Å². The molecule has 1 saturated heterocycles. The van der Waals surface area contributed by atoms with Crippen molar-refractivity contribution in [2.75, 3.05) is 51.1 Å². The normalized spacial score (nSPS) is 13.8. The van der Waals surface area contributed by atoms with Gasteiger partial charge < -0.3 is 25.0 Å². The summed E-state index contributed by atoms with van der Waals surface area (Å²) in [6.07, 6.45) is 4.82. The number of nitrogens with zero attached hydrogens (tertiary/aromatic N) is 3. The quantitative estimate of drug-likeness (QED) is 0.333. The van der Waals surface area contributed by atoms with Crippen LogP contribution in [0.15, 0.2) is 48.2 Å². The van der Waals surface area contributed by atoms with Crippen LogP contribution in [0.4, 0.5) is 21.5 Å². The second kappa shape index (κ2) is 11.8. The molecule has 9 heteroatoms. The van der Waals surface area contributed by atoms with Gasteiger partial charge >= 0.3 is 0 Å². The molecule has 0 saturated carbocycles. The largest absolute Gasteiger partial charge is 0.489 e. The third kappa shape index (κ3) is 6.42. The van der Waals surface area contributed by atoms with Gasteiger partial charge in [0.1, 0.15) is 24.2 Å². The second-order valence-electron chi connectivity index (χ2n) is 9.05. The van der Waals surface area contributed by atoms with Gasteiger partial charge in [-0.1, -0.05) is 5.57 Å². The maximum Gasteiger partial charge on any atom is 0.248 e. The molecule has 0 aliphatic carbocycles. The maximum absolute atomic E-state index is 13.8. The molecule has 8 nitrogen and oxygen atoms in total. The Labute approximate surface area is 215 Å². The van der Waals surface area contributed by atoms with Crippen LogP contribution in [0, 0.1) is 24.1 Å². The van der Waals surface area contributed by atoms with Crippen molar-refractivity contribution in [1.29, 1.82) is 5.26 Å². The van der Waals surface area contributed by atoms with Crippen LogP contribution in [-0.4, -0.2) is 56.3 Å². The molecule has 3 aromatic rings. The molecule has 1 fully saturated rings. The molecule has 0 atom stereocenters. The van der Waals surface area contributed by atoms with E-state index in [1.807, 2.05) is 0 Å². The Kier molecular flexibility index (Phi) is 8.33. The number of amides is 1. The zero-order chi connectivity index (χ0) is 26.4. The highest BCUT2D eigenvalue weighted by Gasteiger charge is 2.17. The van der Waals surface area contributed by atoms with E-state index in [-0.39, 0.29) is 18.3 Å². The van der Waals surface area contributed by atoms with Crippen molar-refractivity contribution in [3.8, 4) is 11.8 Å². The number of likely N-dealkylation sites (tertiary alicyclic amines) is 1. The number of hydrogen-bond acceptors (Lipinski definition) is 7. The smallest absolute Gasteiger partial charge is 0.248 e. The Hall–Kier alpha value is -4.00. The van der Waals surface area contributed by atoms with Gasteiger partial charge in [-0.25, -0.2) is 4.39 Å². The van der Waals surface area contributed by atoms with Crippen LogP contribution in [0.2, 0.25) is 0 Å². The van der Waals surface area contributed by atoms with Crippen LogP contribution in [-0.2, 0) is 9.53 Å². The van der Waals surface area contributed by atoms with Gasteiger partial charge in [0.05, 0.1) is 29.1 Å². The van der Waals surface area contributed by atoms with Gasteiger partial charge in [-0.2, -0.15) is 5.26 Å². The number of piperidine rings is 1. The average molecular weight is 504 g/mol. The molecule has 1 amide bonds. The standard InChI is InChI=1S/C28H30FN5O3/c1-18-12-21(4-5-23(18)29)32-28-20(16-30)17-31-24-15-26(37-11-10-36-3)25(14-22(24)28)33-27(35)13-19-6-8-34(2)9-7-19/h4-5,12-15,17H,6-11H2,1-3H3,(H,31,32)(H,33,35). The minimum absolute atomic E-state index is 0.247. The molecular weight excluding hydrogens is 473 g/mol. The molecule has 2 heterocycles. The van der Waals surface area contributed by atoms with E-state index in [0.29, 0.717) is 51.4 Å². The number of benzene rings is 2. The van der Waals surface area contributed by atoms with Crippen molar-refractivity contribution in [3.63, 3.8) is 0 Å². The molecule has 2 N–H and O–H groups in total. The third-order valence-electron chi connectivity index (χ3n) is 6.28. The number of carbonyl (C=O) groups excluding carboxylic acids is 1. The number of methoxy groups -OCH3 is 1. The Morgan fingerprint density at radius 1 is 1.24 bits per heavy atom. The van der Waals surface area contributed by atoms with Gasteiger partial charge in [0.25, 0.3) is 0 Å². The SMILES string of the molecule is COCCOc1cc2ncc(C#N)c(Nc3ccc(F)c(C)c3)c2cc1NC(=O)C=C1CCN(C)CC1. The Balaban J connectivity index is 1.73. The van der Waals surface area contributed by atoms with E-state index in [9.17, 15) is 14.4 Å². The summed E-state index contributed by atoms with van der Waals surface area (Å²) >= 11 is 0. The van der Waals surface area contributed by atoms with Gasteiger partial charge in [-0.15, -0.1) is 0 Å². The number of ether oxygens (including phenoxy) is 2. The van der Waals surface area contributed by atoms with Crippen LogP contribution in [0.3, 0.4) is 0 Å². The lowest BCUT2D eigenvalue weighted by atomic mass is 10.0. The van der Waals surface area contributed by atoms with Crippen LogP contribution in [0.5, 0.6) is 5.75 Å². The molecule has 2 aromatic carbocycles. The topological polar surface area (TPSA) is 99.5 Å². The average Bonchev–Trinajstić information content (AvgIpc) is 2.88. The summed E-state index contributed by atoms with van der Waals surface area (Å²) in [4.78, 5) is 19.6. The first kappa shape index (κ1) is 26.1. The highest BCUT2D eigenvalue weighted by atomic mass is 19.1. The van der Waals surface area contributed by atoms with E-state index in [2.05, 4.69) is 33.6 Å². The number of aromatic nitrogens is 1. The van der Waals surface area contributed by atoms with Crippen molar-refractivity contribution in [2.45, 2.75) is 19.8 Å². The van der Waals surface area contributed by atoms with E-state index >= 15 is 0 Å². The zero-order valence-corrected chi connectivity index (χ0v) is 21.2. The highest BCUT2D eigenvalue weighted by molar-refractivity contribution is 6.05. The first-order valence-electron chi connectivity index (χ1n) is 12.1. The number of fused-ring (bicyclic) bond motifs is 1. The Bertz CT molecular complexity index is 1370. The number of rotatable bonds is 8. The van der Waals surface area contributed by atoms with Gasteiger partial charge in [0, 0.05) is 49.6 Å². The molecule has 37 heavy (non-hydrogen) atoms. The van der Waals surface area contributed by atoms with E-state index < -0.39 is 0 Å². The fraction of sp³-hybridized carbons (Fsp3) is 0.321. The fourth-order valence-corrected chi connectivity index (χ4v) is 4.16. The molecule has 192 valence electrons. The molecule has 1 aliphatic heterocycles. The fourth-order valence-electron chi connectivity index (χ4n) is 4.16. The molecule has 1 aromatic heterocycles. The molecular formula is C28H30FN5O3. The number of pyridine rings is 1. The molecule has 0 radical (unpaired) electrons. The molecule has 0 spiro atoms. The van der Waals surface area contributed by atoms with Crippen molar-refractivity contribution < 1.29 is 18.7 Å². The summed E-state index contributed by atoms with van der Waals surface area (Å²) in [6.45, 7) is 4.17. The second-order valence-corrected chi connectivity index (χ2v) is 9.05. The van der Waals surface area contributed by atoms with E-state index in [1.165, 1.54) is 12.3 Å². The van der Waals surface area contributed by atoms with Crippen LogP contribution in [0.1, 0.15) is 24.0 Å². The summed E-state index contributed by atoms with van der Waals surface area (Å²) < 4.78 is 24.8. The molecule has 0 bridgehead atoms. The van der Waals surface area contributed by atoms with Gasteiger partial charge in [0.2, 0.25) is 5.91 Å². The Morgan fingerprint density at radius 3 is 2.73 bits per heavy atom. The number of aryl methyl sites for hydroxylation is 1. The number of anilines is 3. The van der Waals surface area contributed by atoms with Gasteiger partial charge in [-0.3, -0.25) is 9.78 Å². The molecule has 0 unspecified atom stereocenters. The Morgan fingerprint density at radius 2 is 2.03 bits per heavy atom. The monoisotopic (exact) mass is 503 g/mol. The molecule has 4 rings (SSSR count). The summed E-state index contributed by atoms with van der Waals surface area (Å²) in [7, 11) is 3.65. The first-order valence-corrected chi connectivity index (χ1v) is 12.1. The van der Waals surface area contributed by atoms with Gasteiger partial charge in [-0.05, 0) is 56.6 Å². The minimum atomic E-state index is -0.313. The molecule has 1 aliphatic rings. The lowest BCUT2D eigenvalue weighted by molar-refractivity contribution is -0.112. The van der Waals surface area contributed by atoms with Crippen molar-refractivity contribution in [3.05, 3.63) is 65.1 Å². The van der Waals surface area contributed by atoms with E-state index in [0.717, 1.165) is 31.5 Å². The minimum Gasteiger partial charge on any atom is -0.489 e. The maximum atomic E-state index is 13.8. The third-order valence-corrected chi connectivity index (χ3v) is 6.28. The summed E-state index contributed by atoms with van der Waals surface area (Å²) in [5.74, 6) is -0.115. The number of hydrogen-bond donors (Lipinski definition) is 2. The highest BCUT2D eigenvalue weighted by Crippen LogP contribution is 2.36. The lowest BCUT2D eigenvalue weighted by Crippen LogP contribution is -2.27. The number of carbonyl (C=O) groups is 1. The summed E-state index contributed by atoms with van der Waals surface area (Å²) in [5, 5.41) is 16.6. The summed E-state index contributed by atoms with van der Waals surface area (Å²) in [5.41, 5.74) is 4.04. The van der Waals surface area contributed by atoms with Crippen LogP contribution < -0.4 is 15.4 Å². The summed E-state index contributed by atoms with van der Waals surface area (Å²) in [6, 6.07) is 10.3. The zero-order valence-electron chi connectivity index (χ0n) is 21.2. The van der Waals surface area contributed by atoms with Crippen molar-refractivity contribution in [1.82, 2.24) is 9.88 Å². The van der Waals surface area contributed by atoms with E-state index in [4.69, 9.17) is 9.47 Å². The van der Waals surface area contributed by atoms with Crippen molar-refractivity contribution >= 4 is 33.9 Å². The number of nitriles is 1. The van der Waals surface area contributed by atoms with Crippen LogP contribution in [0.25, 0.3) is 10.9 Å². The predicted molar refractivity (Wildman–Crippen MR) is 142 cm³/mol. The van der Waals surface area contributed by atoms with Gasteiger partial charge in [0.15, 0.2) is 0 Å².